The van der Waals surface area contributed by atoms with Crippen molar-refractivity contribution in [2.45, 2.75) is 54.0 Å². The van der Waals surface area contributed by atoms with Crippen LogP contribution in [0.15, 0.2) is 141 Å². The maximum absolute atomic E-state index is 4.72. The SMILES string of the molecule is CC=Nc1ccc(-c2ccc(N=C/C(C)=C/C=C(\C)C[N+](C)=C3/C(=C\C)C=Cc4ccc(-c5ccc(C=NC(C)(C)C)cc5)[n+](C)c43)cc2)cc1. The van der Waals surface area contributed by atoms with E-state index in [2.05, 4.69) is 178 Å². The van der Waals surface area contributed by atoms with Gasteiger partial charge in [0.05, 0.1) is 22.5 Å². The van der Waals surface area contributed by atoms with Crippen molar-refractivity contribution in [1.82, 2.24) is 0 Å². The van der Waals surface area contributed by atoms with Crippen LogP contribution in [0.5, 0.6) is 0 Å². The van der Waals surface area contributed by atoms with Crippen LogP contribution in [0, 0.1) is 0 Å². The van der Waals surface area contributed by atoms with Crippen LogP contribution in [0.4, 0.5) is 11.4 Å². The zero-order chi connectivity index (χ0) is 36.5. The highest BCUT2D eigenvalue weighted by atomic mass is 15.0. The first-order chi connectivity index (χ1) is 24.5. The number of hydrogen-bond acceptors (Lipinski definition) is 3. The Morgan fingerprint density at radius 1 is 0.745 bits per heavy atom. The fourth-order valence-electron chi connectivity index (χ4n) is 6.06. The smallest absolute Gasteiger partial charge is 0.285 e. The number of aromatic nitrogens is 1. The lowest BCUT2D eigenvalue weighted by Gasteiger charge is -2.15. The lowest BCUT2D eigenvalue weighted by atomic mass is 9.93. The van der Waals surface area contributed by atoms with Gasteiger partial charge in [-0.15, -0.1) is 0 Å². The van der Waals surface area contributed by atoms with E-state index in [-0.39, 0.29) is 5.54 Å². The Kier molecular flexibility index (Phi) is 11.8. The minimum atomic E-state index is -0.0934. The number of hydrogen-bond donors (Lipinski definition) is 0. The normalized spacial score (nSPS) is 15.8. The third kappa shape index (κ3) is 9.58. The Morgan fingerprint density at radius 2 is 1.35 bits per heavy atom. The van der Waals surface area contributed by atoms with E-state index >= 15 is 0 Å². The molecule has 1 aliphatic rings. The minimum absolute atomic E-state index is 0.0934. The highest BCUT2D eigenvalue weighted by Gasteiger charge is 2.33. The van der Waals surface area contributed by atoms with Crippen molar-refractivity contribution in [3.63, 3.8) is 0 Å². The summed E-state index contributed by atoms with van der Waals surface area (Å²) in [4.78, 5) is 13.7. The first kappa shape index (κ1) is 36.7. The van der Waals surface area contributed by atoms with E-state index in [0.29, 0.717) is 0 Å². The number of rotatable bonds is 9. The zero-order valence-corrected chi connectivity index (χ0v) is 31.6. The molecule has 51 heavy (non-hydrogen) atoms. The molecule has 0 aliphatic heterocycles. The standard InChI is InChI=1S/C46H51N5/c1-10-36-18-19-40-24-29-43(39-16-14-35(15-17-39)31-49-46(5,6)7)51(9)45(40)44(36)50(8)32-34(4)13-12-33(3)30-48-42-27-22-38(23-28-42)37-20-25-41(26-21-37)47-11-2/h10-31H,32H2,1-9H3/q+2/b33-12+,34-13+,36-10-,47-11?,48-30?,49-31?,50-44?. The van der Waals surface area contributed by atoms with E-state index in [1.165, 1.54) is 39.4 Å². The number of pyridine rings is 1. The number of likely N-dealkylation sites (N-methyl/N-ethyl adjacent to an activating group) is 1. The third-order valence-electron chi connectivity index (χ3n) is 8.71. The van der Waals surface area contributed by atoms with Crippen molar-refractivity contribution < 1.29 is 9.14 Å². The van der Waals surface area contributed by atoms with Gasteiger partial charge in [0.25, 0.3) is 11.4 Å². The second-order valence-corrected chi connectivity index (χ2v) is 14.1. The van der Waals surface area contributed by atoms with Crippen molar-refractivity contribution in [1.29, 1.82) is 0 Å². The lowest BCUT2D eigenvalue weighted by molar-refractivity contribution is -0.664. The van der Waals surface area contributed by atoms with Gasteiger partial charge >= 0.3 is 0 Å². The predicted octanol–water partition coefficient (Wildman–Crippen LogP) is 10.5. The number of nitrogens with zero attached hydrogens (tertiary/aromatic N) is 5. The Bertz CT molecular complexity index is 2110. The van der Waals surface area contributed by atoms with Crippen LogP contribution in [0.3, 0.4) is 0 Å². The molecule has 0 bridgehead atoms. The molecule has 0 saturated heterocycles. The molecule has 0 unspecified atom stereocenters. The molecule has 5 heteroatoms. The molecule has 3 aromatic carbocycles. The average molecular weight is 674 g/mol. The Hall–Kier alpha value is -5.55. The molecule has 4 aromatic rings. The molecule has 5 nitrogen and oxygen atoms in total. The molecule has 0 atom stereocenters. The third-order valence-corrected chi connectivity index (χ3v) is 8.71. The van der Waals surface area contributed by atoms with Crippen molar-refractivity contribution >= 4 is 41.8 Å². The number of fused-ring (bicyclic) bond motifs is 1. The van der Waals surface area contributed by atoms with Gasteiger partial charge in [-0.3, -0.25) is 15.0 Å². The highest BCUT2D eigenvalue weighted by Crippen LogP contribution is 2.26. The van der Waals surface area contributed by atoms with Crippen LogP contribution in [0.2, 0.25) is 0 Å². The van der Waals surface area contributed by atoms with Gasteiger partial charge in [0, 0.05) is 35.8 Å². The van der Waals surface area contributed by atoms with Gasteiger partial charge in [0.15, 0.2) is 6.54 Å². The Labute approximate surface area is 304 Å². The van der Waals surface area contributed by atoms with Crippen LogP contribution < -0.4 is 4.57 Å². The summed E-state index contributed by atoms with van der Waals surface area (Å²) in [5, 5.41) is 0. The van der Waals surface area contributed by atoms with Gasteiger partial charge in [-0.1, -0.05) is 54.6 Å². The number of benzene rings is 3. The first-order valence-corrected chi connectivity index (χ1v) is 17.6. The molecule has 1 aliphatic carbocycles. The quantitative estimate of drug-likeness (QED) is 0.0964. The van der Waals surface area contributed by atoms with E-state index in [0.717, 1.165) is 40.2 Å². The van der Waals surface area contributed by atoms with E-state index in [9.17, 15) is 0 Å². The fraction of sp³-hybridized carbons (Fsp3) is 0.239. The highest BCUT2D eigenvalue weighted by molar-refractivity contribution is 6.13. The zero-order valence-electron chi connectivity index (χ0n) is 31.6. The second-order valence-electron chi connectivity index (χ2n) is 14.1. The first-order valence-electron chi connectivity index (χ1n) is 17.6. The van der Waals surface area contributed by atoms with Crippen molar-refractivity contribution in [2.24, 2.45) is 22.0 Å². The number of aliphatic imine (C=N–C) groups is 3. The lowest BCUT2D eigenvalue weighted by Crippen LogP contribution is -2.43. The van der Waals surface area contributed by atoms with Gasteiger partial charge in [-0.05, 0) is 131 Å². The van der Waals surface area contributed by atoms with Gasteiger partial charge in [0.1, 0.15) is 14.1 Å². The van der Waals surface area contributed by atoms with E-state index in [1.54, 1.807) is 0 Å². The largest absolute Gasteiger partial charge is 0.287 e. The molecule has 1 heterocycles. The van der Waals surface area contributed by atoms with Gasteiger partial charge in [0.2, 0.25) is 5.69 Å². The van der Waals surface area contributed by atoms with E-state index in [1.807, 2.05) is 37.7 Å². The molecule has 0 radical (unpaired) electrons. The van der Waals surface area contributed by atoms with Crippen molar-refractivity contribution in [2.75, 3.05) is 13.6 Å². The summed E-state index contributed by atoms with van der Waals surface area (Å²) in [5.74, 6) is 0. The molecule has 0 fully saturated rings. The molecule has 0 amide bonds. The molecule has 258 valence electrons. The van der Waals surface area contributed by atoms with E-state index < -0.39 is 0 Å². The Morgan fingerprint density at radius 3 is 1.94 bits per heavy atom. The van der Waals surface area contributed by atoms with Crippen LogP contribution >= 0.6 is 0 Å². The topological polar surface area (TPSA) is 44.0 Å². The maximum Gasteiger partial charge on any atom is 0.285 e. The van der Waals surface area contributed by atoms with Gasteiger partial charge < -0.3 is 0 Å². The number of allylic oxidation sites excluding steroid dienone is 6. The summed E-state index contributed by atoms with van der Waals surface area (Å²) >= 11 is 0. The molecule has 0 saturated carbocycles. The summed E-state index contributed by atoms with van der Waals surface area (Å²) in [6.45, 7) is 15.4. The predicted molar refractivity (Wildman–Crippen MR) is 220 cm³/mol. The summed E-state index contributed by atoms with van der Waals surface area (Å²) < 4.78 is 4.69. The van der Waals surface area contributed by atoms with Crippen LogP contribution in [0.1, 0.15) is 65.3 Å². The minimum Gasteiger partial charge on any atom is -0.287 e. The van der Waals surface area contributed by atoms with E-state index in [4.69, 9.17) is 4.99 Å². The fourth-order valence-corrected chi connectivity index (χ4v) is 6.06. The molecule has 5 rings (SSSR count). The maximum atomic E-state index is 4.72. The Balaban J connectivity index is 1.33. The summed E-state index contributed by atoms with van der Waals surface area (Å²) in [7, 11) is 4.36. The summed E-state index contributed by atoms with van der Waals surface area (Å²) in [6, 6.07) is 29.7. The summed E-state index contributed by atoms with van der Waals surface area (Å²) in [5.41, 5.74) is 14.8. The molecule has 1 aromatic heterocycles. The van der Waals surface area contributed by atoms with Gasteiger partial charge in [-0.25, -0.2) is 4.58 Å². The van der Waals surface area contributed by atoms with Gasteiger partial charge in [-0.2, -0.15) is 4.57 Å². The monoisotopic (exact) mass is 673 g/mol. The van der Waals surface area contributed by atoms with Crippen LogP contribution in [-0.4, -0.2) is 48.1 Å². The van der Waals surface area contributed by atoms with Crippen LogP contribution in [-0.2, 0) is 7.05 Å². The van der Waals surface area contributed by atoms with Crippen LogP contribution in [0.25, 0.3) is 28.5 Å². The summed E-state index contributed by atoms with van der Waals surface area (Å²) in [6.07, 6.45) is 16.7. The molecule has 0 spiro atoms. The molecular formula is C46H51N5+2. The molecule has 0 N–H and O–H groups in total. The van der Waals surface area contributed by atoms with Crippen molar-refractivity contribution in [3.05, 3.63) is 143 Å². The second kappa shape index (κ2) is 16.4. The van der Waals surface area contributed by atoms with Crippen molar-refractivity contribution in [3.8, 4) is 22.4 Å². The average Bonchev–Trinajstić information content (AvgIpc) is 3.12. The molecular weight excluding hydrogens is 623 g/mol.